The number of rotatable bonds is 6. The van der Waals surface area contributed by atoms with Gasteiger partial charge < -0.3 is 5.32 Å². The van der Waals surface area contributed by atoms with Crippen LogP contribution in [-0.4, -0.2) is 22.6 Å². The van der Waals surface area contributed by atoms with Crippen LogP contribution in [0, 0.1) is 24.2 Å². The number of nitrogens with zero attached hydrogens (tertiary/aromatic N) is 2. The molecule has 5 heteroatoms. The molecule has 0 saturated heterocycles. The molecular formula is C12H18N4O. The Balaban J connectivity index is 2.23. The largest absolute Gasteiger partial charge is 0.355 e. The number of nitrogens with one attached hydrogen (secondary N) is 2. The molecule has 0 aliphatic carbocycles. The van der Waals surface area contributed by atoms with Crippen molar-refractivity contribution in [2.24, 2.45) is 5.92 Å². The quantitative estimate of drug-likeness (QED) is 0.728. The molecule has 1 aromatic rings. The van der Waals surface area contributed by atoms with E-state index in [1.807, 2.05) is 19.9 Å². The molecule has 5 nitrogen and oxygen atoms in total. The molecule has 17 heavy (non-hydrogen) atoms. The van der Waals surface area contributed by atoms with Crippen LogP contribution in [0.15, 0.2) is 6.20 Å². The molecule has 0 radical (unpaired) electrons. The number of H-pyrrole nitrogens is 1. The SMILES string of the molecule is CCC(C#N)C(=O)NCCCc1cn[nH]c1C. The second-order valence-electron chi connectivity index (χ2n) is 4.00. The van der Waals surface area contributed by atoms with E-state index >= 15 is 0 Å². The lowest BCUT2D eigenvalue weighted by atomic mass is 10.1. The van der Waals surface area contributed by atoms with E-state index in [4.69, 9.17) is 5.26 Å². The molecule has 2 N–H and O–H groups in total. The van der Waals surface area contributed by atoms with Crippen molar-refractivity contribution < 1.29 is 4.79 Å². The van der Waals surface area contributed by atoms with Crippen molar-refractivity contribution in [1.82, 2.24) is 15.5 Å². The third kappa shape index (κ3) is 3.91. The first-order valence-corrected chi connectivity index (χ1v) is 5.85. The average Bonchev–Trinajstić information content (AvgIpc) is 2.72. The number of hydrogen-bond donors (Lipinski definition) is 2. The summed E-state index contributed by atoms with van der Waals surface area (Å²) in [4.78, 5) is 11.5. The van der Waals surface area contributed by atoms with Crippen molar-refractivity contribution in [3.63, 3.8) is 0 Å². The normalized spacial score (nSPS) is 11.8. The monoisotopic (exact) mass is 234 g/mol. The van der Waals surface area contributed by atoms with Crippen LogP contribution < -0.4 is 5.32 Å². The Labute approximate surface area is 101 Å². The smallest absolute Gasteiger partial charge is 0.237 e. The van der Waals surface area contributed by atoms with E-state index in [2.05, 4.69) is 15.5 Å². The van der Waals surface area contributed by atoms with Gasteiger partial charge in [0.1, 0.15) is 5.92 Å². The van der Waals surface area contributed by atoms with E-state index in [1.165, 1.54) is 5.56 Å². The van der Waals surface area contributed by atoms with Gasteiger partial charge in [0.25, 0.3) is 0 Å². The summed E-state index contributed by atoms with van der Waals surface area (Å²) in [7, 11) is 0. The van der Waals surface area contributed by atoms with Crippen molar-refractivity contribution in [1.29, 1.82) is 5.26 Å². The number of amides is 1. The van der Waals surface area contributed by atoms with Crippen LogP contribution in [0.25, 0.3) is 0 Å². The highest BCUT2D eigenvalue weighted by molar-refractivity contribution is 5.80. The number of nitriles is 1. The summed E-state index contributed by atoms with van der Waals surface area (Å²) < 4.78 is 0. The zero-order valence-corrected chi connectivity index (χ0v) is 10.3. The second kappa shape index (κ2) is 6.69. The number of aryl methyl sites for hydroxylation is 2. The van der Waals surface area contributed by atoms with Crippen LogP contribution in [-0.2, 0) is 11.2 Å². The number of hydrogen-bond acceptors (Lipinski definition) is 3. The van der Waals surface area contributed by atoms with Crippen LogP contribution >= 0.6 is 0 Å². The van der Waals surface area contributed by atoms with Crippen LogP contribution in [0.5, 0.6) is 0 Å². The number of carbonyl (C=O) groups excluding carboxylic acids is 1. The Morgan fingerprint density at radius 3 is 3.00 bits per heavy atom. The van der Waals surface area contributed by atoms with Gasteiger partial charge in [0.2, 0.25) is 5.91 Å². The van der Waals surface area contributed by atoms with Crippen LogP contribution in [0.4, 0.5) is 0 Å². The average molecular weight is 234 g/mol. The summed E-state index contributed by atoms with van der Waals surface area (Å²) in [6.45, 7) is 4.41. The molecule has 1 heterocycles. The molecule has 1 rings (SSSR count). The summed E-state index contributed by atoms with van der Waals surface area (Å²) >= 11 is 0. The topological polar surface area (TPSA) is 81.6 Å². The van der Waals surface area contributed by atoms with Crippen molar-refractivity contribution >= 4 is 5.91 Å². The Morgan fingerprint density at radius 1 is 1.71 bits per heavy atom. The maximum Gasteiger partial charge on any atom is 0.237 e. The fraction of sp³-hybridized carbons (Fsp3) is 0.583. The highest BCUT2D eigenvalue weighted by Crippen LogP contribution is 2.05. The zero-order chi connectivity index (χ0) is 12.7. The van der Waals surface area contributed by atoms with Crippen LogP contribution in [0.1, 0.15) is 31.0 Å². The maximum absolute atomic E-state index is 11.5. The fourth-order valence-electron chi connectivity index (χ4n) is 1.58. The number of aromatic nitrogens is 2. The predicted octanol–water partition coefficient (Wildman–Crippen LogP) is 1.32. The fourth-order valence-corrected chi connectivity index (χ4v) is 1.58. The first kappa shape index (κ1) is 13.2. The second-order valence-corrected chi connectivity index (χ2v) is 4.00. The molecule has 1 unspecified atom stereocenters. The van der Waals surface area contributed by atoms with E-state index in [0.717, 1.165) is 18.5 Å². The lowest BCUT2D eigenvalue weighted by molar-refractivity contribution is -0.123. The molecule has 0 bridgehead atoms. The van der Waals surface area contributed by atoms with Gasteiger partial charge in [0.15, 0.2) is 0 Å². The summed E-state index contributed by atoms with van der Waals surface area (Å²) in [6, 6.07) is 1.99. The Morgan fingerprint density at radius 2 is 2.47 bits per heavy atom. The van der Waals surface area contributed by atoms with Gasteiger partial charge >= 0.3 is 0 Å². The summed E-state index contributed by atoms with van der Waals surface area (Å²) in [5, 5.41) is 18.3. The molecule has 0 spiro atoms. The highest BCUT2D eigenvalue weighted by atomic mass is 16.1. The van der Waals surface area contributed by atoms with Gasteiger partial charge in [0.05, 0.1) is 12.3 Å². The predicted molar refractivity (Wildman–Crippen MR) is 64.0 cm³/mol. The van der Waals surface area contributed by atoms with E-state index in [0.29, 0.717) is 13.0 Å². The summed E-state index contributed by atoms with van der Waals surface area (Å²) in [5.41, 5.74) is 2.24. The lowest BCUT2D eigenvalue weighted by Gasteiger charge is -2.07. The van der Waals surface area contributed by atoms with Crippen molar-refractivity contribution in [2.75, 3.05) is 6.54 Å². The molecule has 1 amide bonds. The van der Waals surface area contributed by atoms with E-state index in [1.54, 1.807) is 6.20 Å². The highest BCUT2D eigenvalue weighted by Gasteiger charge is 2.14. The minimum Gasteiger partial charge on any atom is -0.355 e. The van der Waals surface area contributed by atoms with Gasteiger partial charge in [-0.3, -0.25) is 9.89 Å². The van der Waals surface area contributed by atoms with E-state index in [-0.39, 0.29) is 5.91 Å². The maximum atomic E-state index is 11.5. The number of carbonyl (C=O) groups is 1. The van der Waals surface area contributed by atoms with Crippen molar-refractivity contribution in [3.05, 3.63) is 17.5 Å². The van der Waals surface area contributed by atoms with E-state index in [9.17, 15) is 4.79 Å². The van der Waals surface area contributed by atoms with Crippen molar-refractivity contribution in [2.45, 2.75) is 33.1 Å². The van der Waals surface area contributed by atoms with Crippen molar-refractivity contribution in [3.8, 4) is 6.07 Å². The molecule has 0 saturated carbocycles. The first-order valence-electron chi connectivity index (χ1n) is 5.85. The summed E-state index contributed by atoms with van der Waals surface area (Å²) in [5.74, 6) is -0.690. The summed E-state index contributed by atoms with van der Waals surface area (Å²) in [6.07, 6.45) is 4.10. The molecule has 0 aromatic carbocycles. The Kier molecular flexibility index (Phi) is 5.21. The van der Waals surface area contributed by atoms with Gasteiger partial charge in [-0.1, -0.05) is 6.92 Å². The van der Waals surface area contributed by atoms with Gasteiger partial charge in [-0.25, -0.2) is 0 Å². The number of aromatic amines is 1. The third-order valence-corrected chi connectivity index (χ3v) is 2.74. The molecule has 0 fully saturated rings. The van der Waals surface area contributed by atoms with Crippen LogP contribution in [0.3, 0.4) is 0 Å². The minimum absolute atomic E-state index is 0.168. The molecule has 0 aliphatic heterocycles. The van der Waals surface area contributed by atoms with Gasteiger partial charge in [-0.2, -0.15) is 10.4 Å². The van der Waals surface area contributed by atoms with E-state index < -0.39 is 5.92 Å². The minimum atomic E-state index is -0.523. The molecular weight excluding hydrogens is 216 g/mol. The van der Waals surface area contributed by atoms with Crippen LogP contribution in [0.2, 0.25) is 0 Å². The Hall–Kier alpha value is -1.83. The first-order chi connectivity index (χ1) is 8.19. The molecule has 92 valence electrons. The zero-order valence-electron chi connectivity index (χ0n) is 10.3. The lowest BCUT2D eigenvalue weighted by Crippen LogP contribution is -2.30. The molecule has 0 aliphatic rings. The molecule has 1 atom stereocenters. The van der Waals surface area contributed by atoms with Gasteiger partial charge in [-0.15, -0.1) is 0 Å². The van der Waals surface area contributed by atoms with Gasteiger partial charge in [0, 0.05) is 12.2 Å². The van der Waals surface area contributed by atoms with Gasteiger partial charge in [-0.05, 0) is 31.7 Å². The Bertz CT molecular complexity index is 405. The molecule has 1 aromatic heterocycles. The standard InChI is InChI=1S/C12H18N4O/c1-3-10(7-13)12(17)14-6-4-5-11-8-15-16-9(11)2/h8,10H,3-6H2,1-2H3,(H,14,17)(H,15,16). The third-order valence-electron chi connectivity index (χ3n) is 2.74.